The zero-order chi connectivity index (χ0) is 12.3. The summed E-state index contributed by atoms with van der Waals surface area (Å²) in [6.45, 7) is 2.80. The summed E-state index contributed by atoms with van der Waals surface area (Å²) < 4.78 is 0. The summed E-state index contributed by atoms with van der Waals surface area (Å²) in [6.07, 6.45) is 0.895. The Morgan fingerprint density at radius 1 is 1.24 bits per heavy atom. The second kappa shape index (κ2) is 5.13. The van der Waals surface area contributed by atoms with Gasteiger partial charge in [0.05, 0.1) is 6.54 Å². The number of nitrogens with one attached hydrogen (secondary N) is 2. The minimum atomic E-state index is -0.476. The maximum atomic E-state index is 11.9. The molecule has 17 heavy (non-hydrogen) atoms. The molecule has 0 atom stereocenters. The van der Waals surface area contributed by atoms with Crippen LogP contribution in [-0.2, 0) is 9.59 Å². The molecule has 2 aliphatic heterocycles. The van der Waals surface area contributed by atoms with E-state index in [9.17, 15) is 14.4 Å². The first-order valence-corrected chi connectivity index (χ1v) is 5.75. The van der Waals surface area contributed by atoms with Crippen LogP contribution in [0.2, 0.25) is 0 Å². The number of imide groups is 1. The molecule has 0 saturated carbocycles. The Kier molecular flexibility index (Phi) is 3.58. The van der Waals surface area contributed by atoms with Gasteiger partial charge in [0.2, 0.25) is 5.91 Å². The number of carbonyl (C=O) groups excluding carboxylic acids is 3. The Morgan fingerprint density at radius 2 is 2.06 bits per heavy atom. The maximum Gasteiger partial charge on any atom is 0.325 e. The monoisotopic (exact) mass is 240 g/mol. The molecule has 2 fully saturated rings. The van der Waals surface area contributed by atoms with Crippen LogP contribution in [0.5, 0.6) is 0 Å². The van der Waals surface area contributed by atoms with Crippen LogP contribution < -0.4 is 10.6 Å². The van der Waals surface area contributed by atoms with E-state index in [0.29, 0.717) is 13.1 Å². The van der Waals surface area contributed by atoms with Crippen molar-refractivity contribution in [2.24, 2.45) is 0 Å². The normalized spacial score (nSPS) is 21.4. The minimum Gasteiger partial charge on any atom is -0.340 e. The predicted octanol–water partition coefficient (Wildman–Crippen LogP) is -1.64. The number of amides is 4. The molecule has 0 aromatic rings. The number of carbonyl (C=O) groups is 3. The number of hydrogen-bond acceptors (Lipinski definition) is 4. The Balaban J connectivity index is 1.91. The molecule has 7 heteroatoms. The van der Waals surface area contributed by atoms with Gasteiger partial charge in [-0.05, 0) is 13.0 Å². The molecule has 94 valence electrons. The highest BCUT2D eigenvalue weighted by molar-refractivity contribution is 6.04. The van der Waals surface area contributed by atoms with Gasteiger partial charge >= 0.3 is 6.03 Å². The fourth-order valence-corrected chi connectivity index (χ4v) is 1.95. The molecule has 0 spiro atoms. The predicted molar refractivity (Wildman–Crippen MR) is 59.2 cm³/mol. The average molecular weight is 240 g/mol. The van der Waals surface area contributed by atoms with Crippen molar-refractivity contribution in [2.75, 3.05) is 39.3 Å². The van der Waals surface area contributed by atoms with Crippen molar-refractivity contribution >= 4 is 17.8 Å². The highest BCUT2D eigenvalue weighted by atomic mass is 16.2. The van der Waals surface area contributed by atoms with Gasteiger partial charge in [0.25, 0.3) is 5.91 Å². The molecule has 2 aliphatic rings. The molecule has 0 aromatic heterocycles. The van der Waals surface area contributed by atoms with Crippen molar-refractivity contribution in [3.05, 3.63) is 0 Å². The fourth-order valence-electron chi connectivity index (χ4n) is 1.95. The van der Waals surface area contributed by atoms with Gasteiger partial charge in [0.1, 0.15) is 6.54 Å². The van der Waals surface area contributed by atoms with Gasteiger partial charge < -0.3 is 15.5 Å². The van der Waals surface area contributed by atoms with Crippen LogP contribution in [-0.4, -0.2) is 66.9 Å². The lowest BCUT2D eigenvalue weighted by Gasteiger charge is -2.22. The molecule has 2 N–H and O–H groups in total. The van der Waals surface area contributed by atoms with E-state index in [-0.39, 0.29) is 24.9 Å². The second-order valence-corrected chi connectivity index (χ2v) is 4.12. The molecule has 7 nitrogen and oxygen atoms in total. The lowest BCUT2D eigenvalue weighted by molar-refractivity contribution is -0.136. The lowest BCUT2D eigenvalue weighted by Crippen LogP contribution is -2.44. The lowest BCUT2D eigenvalue weighted by atomic mass is 10.3. The maximum absolute atomic E-state index is 11.9. The van der Waals surface area contributed by atoms with Gasteiger partial charge in [0.15, 0.2) is 0 Å². The third-order valence-electron chi connectivity index (χ3n) is 2.92. The van der Waals surface area contributed by atoms with E-state index in [4.69, 9.17) is 0 Å². The Bertz CT molecular complexity index is 320. The largest absolute Gasteiger partial charge is 0.340 e. The summed E-state index contributed by atoms with van der Waals surface area (Å²) in [5.74, 6) is -0.504. The van der Waals surface area contributed by atoms with Crippen molar-refractivity contribution in [2.45, 2.75) is 6.42 Å². The molecule has 4 amide bonds. The van der Waals surface area contributed by atoms with Crippen molar-refractivity contribution in [3.8, 4) is 0 Å². The van der Waals surface area contributed by atoms with Crippen LogP contribution in [0.1, 0.15) is 6.42 Å². The van der Waals surface area contributed by atoms with E-state index in [1.165, 1.54) is 0 Å². The van der Waals surface area contributed by atoms with Crippen molar-refractivity contribution < 1.29 is 14.4 Å². The number of hydrogen-bond donors (Lipinski definition) is 2. The van der Waals surface area contributed by atoms with Gasteiger partial charge in [-0.15, -0.1) is 0 Å². The van der Waals surface area contributed by atoms with Gasteiger partial charge in [-0.25, -0.2) is 4.79 Å². The average Bonchev–Trinajstić information content (AvgIpc) is 2.59. The standard InChI is InChI=1S/C10H16N4O3/c15-8-6-12-10(17)14(8)7-9(16)13-4-1-2-11-3-5-13/h11H,1-7H2,(H,12,17). The number of urea groups is 1. The van der Waals surface area contributed by atoms with Gasteiger partial charge in [-0.2, -0.15) is 0 Å². The first-order valence-electron chi connectivity index (χ1n) is 5.75. The van der Waals surface area contributed by atoms with Crippen LogP contribution in [0.15, 0.2) is 0 Å². The Labute approximate surface area is 99.1 Å². The topological polar surface area (TPSA) is 81.8 Å². The number of rotatable bonds is 2. The molecule has 0 unspecified atom stereocenters. The van der Waals surface area contributed by atoms with Crippen LogP contribution in [0, 0.1) is 0 Å². The highest BCUT2D eigenvalue weighted by Gasteiger charge is 2.31. The molecule has 0 aliphatic carbocycles. The molecule has 0 aromatic carbocycles. The quantitative estimate of drug-likeness (QED) is 0.567. The second-order valence-electron chi connectivity index (χ2n) is 4.12. The van der Waals surface area contributed by atoms with Crippen LogP contribution >= 0.6 is 0 Å². The summed E-state index contributed by atoms with van der Waals surface area (Å²) in [5, 5.41) is 5.58. The van der Waals surface area contributed by atoms with Crippen molar-refractivity contribution in [1.82, 2.24) is 20.4 Å². The molecule has 0 radical (unpaired) electrons. The fraction of sp³-hybridized carbons (Fsp3) is 0.700. The summed E-state index contributed by atoms with van der Waals surface area (Å²) >= 11 is 0. The minimum absolute atomic E-state index is 0.00628. The van der Waals surface area contributed by atoms with E-state index < -0.39 is 6.03 Å². The van der Waals surface area contributed by atoms with Gasteiger partial charge in [-0.1, -0.05) is 0 Å². The third-order valence-corrected chi connectivity index (χ3v) is 2.92. The van der Waals surface area contributed by atoms with E-state index in [0.717, 1.165) is 24.4 Å². The summed E-state index contributed by atoms with van der Waals surface area (Å²) in [4.78, 5) is 37.2. The van der Waals surface area contributed by atoms with E-state index in [2.05, 4.69) is 10.6 Å². The Morgan fingerprint density at radius 3 is 2.76 bits per heavy atom. The first-order chi connectivity index (χ1) is 8.18. The van der Waals surface area contributed by atoms with E-state index in [1.54, 1.807) is 4.90 Å². The molecular weight excluding hydrogens is 224 g/mol. The molecule has 2 heterocycles. The number of nitrogens with zero attached hydrogens (tertiary/aromatic N) is 2. The summed E-state index contributed by atoms with van der Waals surface area (Å²) in [6, 6.07) is -0.476. The summed E-state index contributed by atoms with van der Waals surface area (Å²) in [5.41, 5.74) is 0. The smallest absolute Gasteiger partial charge is 0.325 e. The van der Waals surface area contributed by atoms with Crippen LogP contribution in [0.25, 0.3) is 0 Å². The molecule has 2 rings (SSSR count). The Hall–Kier alpha value is -1.63. The van der Waals surface area contributed by atoms with Crippen LogP contribution in [0.3, 0.4) is 0 Å². The van der Waals surface area contributed by atoms with Crippen molar-refractivity contribution in [1.29, 1.82) is 0 Å². The van der Waals surface area contributed by atoms with E-state index >= 15 is 0 Å². The summed E-state index contributed by atoms with van der Waals surface area (Å²) in [7, 11) is 0. The van der Waals surface area contributed by atoms with Gasteiger partial charge in [-0.3, -0.25) is 14.5 Å². The highest BCUT2D eigenvalue weighted by Crippen LogP contribution is 2.02. The first kappa shape index (κ1) is 11.8. The van der Waals surface area contributed by atoms with Crippen molar-refractivity contribution in [3.63, 3.8) is 0 Å². The zero-order valence-corrected chi connectivity index (χ0v) is 9.57. The SMILES string of the molecule is O=C(CN1C(=O)CNC1=O)N1CCCNCC1. The van der Waals surface area contributed by atoms with Gasteiger partial charge in [0, 0.05) is 19.6 Å². The molecular formula is C10H16N4O3. The van der Waals surface area contributed by atoms with Crippen LogP contribution in [0.4, 0.5) is 4.79 Å². The molecule has 0 bridgehead atoms. The zero-order valence-electron chi connectivity index (χ0n) is 9.57. The third kappa shape index (κ3) is 2.73. The van der Waals surface area contributed by atoms with E-state index in [1.807, 2.05) is 0 Å². The molecule has 2 saturated heterocycles.